The Balaban J connectivity index is 1.96. The molecule has 0 aliphatic carbocycles. The van der Waals surface area contributed by atoms with Gasteiger partial charge in [-0.2, -0.15) is 0 Å². The zero-order valence-electron chi connectivity index (χ0n) is 12.5. The van der Waals surface area contributed by atoms with Crippen LogP contribution in [0.4, 0.5) is 0 Å². The number of nitrogens with zero attached hydrogens (tertiary/aromatic N) is 2. The van der Waals surface area contributed by atoms with Gasteiger partial charge in [-0.3, -0.25) is 4.79 Å². The van der Waals surface area contributed by atoms with Crippen molar-refractivity contribution in [3.05, 3.63) is 18.1 Å². The fourth-order valence-electron chi connectivity index (χ4n) is 1.63. The second-order valence-electron chi connectivity index (χ2n) is 5.16. The van der Waals surface area contributed by atoms with Gasteiger partial charge < -0.3 is 14.2 Å². The molecule has 0 fully saturated rings. The van der Waals surface area contributed by atoms with Crippen LogP contribution in [0.5, 0.6) is 0 Å². The Hall–Kier alpha value is -1.76. The van der Waals surface area contributed by atoms with Crippen LogP contribution in [0.1, 0.15) is 26.5 Å². The van der Waals surface area contributed by atoms with E-state index in [4.69, 9.17) is 8.83 Å². The van der Waals surface area contributed by atoms with E-state index >= 15 is 0 Å². The lowest BCUT2D eigenvalue weighted by Crippen LogP contribution is -2.33. The van der Waals surface area contributed by atoms with E-state index in [9.17, 15) is 4.79 Å². The number of hydrogen-bond donors (Lipinski definition) is 1. The third kappa shape index (κ3) is 4.10. The Morgan fingerprint density at radius 1 is 1.38 bits per heavy atom. The highest BCUT2D eigenvalue weighted by Crippen LogP contribution is 2.28. The minimum atomic E-state index is -0.289. The minimum absolute atomic E-state index is 0.0343. The highest BCUT2D eigenvalue weighted by atomic mass is 32.2. The molecular weight excluding hydrogens is 290 g/mol. The molecule has 0 aliphatic rings. The number of aryl methyl sites for hydroxylation is 1. The van der Waals surface area contributed by atoms with E-state index in [2.05, 4.69) is 29.4 Å². The van der Waals surface area contributed by atoms with Gasteiger partial charge in [0.25, 0.3) is 11.1 Å². The summed E-state index contributed by atoms with van der Waals surface area (Å²) in [6.45, 7) is 8.40. The van der Waals surface area contributed by atoms with Crippen molar-refractivity contribution in [1.29, 1.82) is 0 Å². The van der Waals surface area contributed by atoms with E-state index in [1.807, 2.05) is 13.8 Å². The molecule has 1 amide bonds. The molecule has 1 unspecified atom stereocenters. The maximum absolute atomic E-state index is 11.9. The number of carbonyl (C=O) groups is 1. The van der Waals surface area contributed by atoms with Crippen LogP contribution in [0.25, 0.3) is 11.5 Å². The molecule has 21 heavy (non-hydrogen) atoms. The average Bonchev–Trinajstić information content (AvgIpc) is 3.04. The third-order valence-electron chi connectivity index (χ3n) is 2.83. The zero-order chi connectivity index (χ0) is 15.4. The number of aromatic nitrogens is 2. The van der Waals surface area contributed by atoms with Crippen molar-refractivity contribution < 1.29 is 13.6 Å². The number of rotatable bonds is 6. The van der Waals surface area contributed by atoms with Gasteiger partial charge in [-0.15, -0.1) is 10.2 Å². The predicted molar refractivity (Wildman–Crippen MR) is 79.9 cm³/mol. The molecule has 0 aromatic carbocycles. The Labute approximate surface area is 127 Å². The average molecular weight is 309 g/mol. The van der Waals surface area contributed by atoms with Gasteiger partial charge in [0.2, 0.25) is 5.91 Å². The minimum Gasteiger partial charge on any atom is -0.469 e. The summed E-state index contributed by atoms with van der Waals surface area (Å²) in [6, 6.07) is 1.77. The molecule has 2 aromatic heterocycles. The standard InChI is InChI=1S/C14H19N3O3S/c1-8(2)7-15-12(18)10(4)21-14-17-16-13(20-14)11-5-6-19-9(11)3/h5-6,8,10H,7H2,1-4H3,(H,15,18). The van der Waals surface area contributed by atoms with E-state index in [1.165, 1.54) is 11.8 Å². The topological polar surface area (TPSA) is 81.2 Å². The molecule has 2 heterocycles. The SMILES string of the molecule is Cc1occc1-c1nnc(SC(C)C(=O)NCC(C)C)o1. The zero-order valence-corrected chi connectivity index (χ0v) is 13.4. The number of thioether (sulfide) groups is 1. The molecule has 7 heteroatoms. The second kappa shape index (κ2) is 6.80. The largest absolute Gasteiger partial charge is 0.469 e. The smallest absolute Gasteiger partial charge is 0.277 e. The number of furan rings is 1. The van der Waals surface area contributed by atoms with E-state index in [1.54, 1.807) is 12.3 Å². The van der Waals surface area contributed by atoms with Crippen LogP contribution >= 0.6 is 11.8 Å². The van der Waals surface area contributed by atoms with E-state index < -0.39 is 0 Å². The van der Waals surface area contributed by atoms with Crippen molar-refractivity contribution in [3.63, 3.8) is 0 Å². The quantitative estimate of drug-likeness (QED) is 0.826. The Bertz CT molecular complexity index is 606. The Morgan fingerprint density at radius 2 is 2.14 bits per heavy atom. The molecule has 6 nitrogen and oxygen atoms in total. The van der Waals surface area contributed by atoms with Crippen molar-refractivity contribution >= 4 is 17.7 Å². The lowest BCUT2D eigenvalue weighted by atomic mass is 10.2. The molecule has 0 saturated carbocycles. The predicted octanol–water partition coefficient (Wildman–Crippen LogP) is 2.89. The van der Waals surface area contributed by atoms with Crippen LogP contribution in [0, 0.1) is 12.8 Å². The number of carbonyl (C=O) groups excluding carboxylic acids is 1. The molecule has 0 radical (unpaired) electrons. The lowest BCUT2D eigenvalue weighted by molar-refractivity contribution is -0.120. The van der Waals surface area contributed by atoms with Crippen LogP contribution < -0.4 is 5.32 Å². The molecule has 1 N–H and O–H groups in total. The summed E-state index contributed by atoms with van der Waals surface area (Å²) in [5, 5.41) is 10.9. The van der Waals surface area contributed by atoms with Gasteiger partial charge >= 0.3 is 0 Å². The molecule has 0 aliphatic heterocycles. The van der Waals surface area contributed by atoms with Gasteiger partial charge in [0.1, 0.15) is 5.76 Å². The first-order valence-electron chi connectivity index (χ1n) is 6.79. The monoisotopic (exact) mass is 309 g/mol. The van der Waals surface area contributed by atoms with E-state index in [0.717, 1.165) is 11.3 Å². The summed E-state index contributed by atoms with van der Waals surface area (Å²) < 4.78 is 10.8. The number of hydrogen-bond acceptors (Lipinski definition) is 6. The molecule has 2 aromatic rings. The Kier molecular flexibility index (Phi) is 5.06. The van der Waals surface area contributed by atoms with Crippen molar-refractivity contribution in [3.8, 4) is 11.5 Å². The van der Waals surface area contributed by atoms with Crippen LogP contribution in [0.15, 0.2) is 26.4 Å². The summed E-state index contributed by atoms with van der Waals surface area (Å²) in [6.07, 6.45) is 1.57. The van der Waals surface area contributed by atoms with Crippen LogP contribution in [0.3, 0.4) is 0 Å². The van der Waals surface area contributed by atoms with Crippen LogP contribution in [0.2, 0.25) is 0 Å². The lowest BCUT2D eigenvalue weighted by Gasteiger charge is -2.11. The fourth-order valence-corrected chi connectivity index (χ4v) is 2.33. The first kappa shape index (κ1) is 15.6. The molecule has 0 saturated heterocycles. The van der Waals surface area contributed by atoms with Gasteiger partial charge in [-0.05, 0) is 25.8 Å². The van der Waals surface area contributed by atoms with Crippen molar-refractivity contribution in [2.24, 2.45) is 5.92 Å². The molecular formula is C14H19N3O3S. The van der Waals surface area contributed by atoms with Gasteiger partial charge in [0, 0.05) is 6.54 Å². The summed E-state index contributed by atoms with van der Waals surface area (Å²) in [4.78, 5) is 11.9. The first-order chi connectivity index (χ1) is 9.97. The molecule has 0 spiro atoms. The number of amides is 1. The first-order valence-corrected chi connectivity index (χ1v) is 7.67. The highest BCUT2D eigenvalue weighted by Gasteiger charge is 2.19. The molecule has 2 rings (SSSR count). The second-order valence-corrected chi connectivity index (χ2v) is 6.45. The highest BCUT2D eigenvalue weighted by molar-refractivity contribution is 8.00. The van der Waals surface area contributed by atoms with Crippen LogP contribution in [-0.2, 0) is 4.79 Å². The summed E-state index contributed by atoms with van der Waals surface area (Å²) in [5.74, 6) is 1.51. The van der Waals surface area contributed by atoms with Crippen molar-refractivity contribution in [2.45, 2.75) is 38.2 Å². The van der Waals surface area contributed by atoms with Gasteiger partial charge in [0.15, 0.2) is 0 Å². The van der Waals surface area contributed by atoms with Gasteiger partial charge in [-0.25, -0.2) is 0 Å². The van der Waals surface area contributed by atoms with Gasteiger partial charge in [0.05, 0.1) is 17.1 Å². The third-order valence-corrected chi connectivity index (χ3v) is 3.76. The molecule has 1 atom stereocenters. The van der Waals surface area contributed by atoms with E-state index in [0.29, 0.717) is 23.6 Å². The van der Waals surface area contributed by atoms with Crippen LogP contribution in [-0.4, -0.2) is 27.9 Å². The van der Waals surface area contributed by atoms with E-state index in [-0.39, 0.29) is 11.2 Å². The summed E-state index contributed by atoms with van der Waals surface area (Å²) >= 11 is 1.24. The maximum Gasteiger partial charge on any atom is 0.277 e. The van der Waals surface area contributed by atoms with Gasteiger partial charge in [-0.1, -0.05) is 25.6 Å². The summed E-state index contributed by atoms with van der Waals surface area (Å²) in [5.41, 5.74) is 0.770. The number of nitrogens with one attached hydrogen (secondary N) is 1. The Morgan fingerprint density at radius 3 is 2.76 bits per heavy atom. The normalized spacial score (nSPS) is 12.6. The summed E-state index contributed by atoms with van der Waals surface area (Å²) in [7, 11) is 0. The molecule has 114 valence electrons. The fraction of sp³-hybridized carbons (Fsp3) is 0.500. The van der Waals surface area contributed by atoms with Crippen molar-refractivity contribution in [1.82, 2.24) is 15.5 Å². The maximum atomic E-state index is 11.9. The molecule has 0 bridgehead atoms. The van der Waals surface area contributed by atoms with Crippen molar-refractivity contribution in [2.75, 3.05) is 6.54 Å².